The second-order valence-electron chi connectivity index (χ2n) is 6.00. The summed E-state index contributed by atoms with van der Waals surface area (Å²) in [5.74, 6) is 0.550. The Hall–Kier alpha value is -2.06. The van der Waals surface area contributed by atoms with Crippen LogP contribution in [-0.2, 0) is 0 Å². The second-order valence-corrected chi connectivity index (χ2v) is 6.87. The molecule has 0 spiro atoms. The van der Waals surface area contributed by atoms with Crippen molar-refractivity contribution >= 4 is 11.8 Å². The van der Waals surface area contributed by atoms with Crippen molar-refractivity contribution in [3.05, 3.63) is 84.2 Å². The molecule has 1 nitrogen and oxygen atoms in total. The van der Waals surface area contributed by atoms with E-state index in [0.717, 1.165) is 0 Å². The Morgan fingerprint density at radius 2 is 1.38 bits per heavy atom. The lowest BCUT2D eigenvalue weighted by Gasteiger charge is -2.12. The molecule has 0 aliphatic rings. The summed E-state index contributed by atoms with van der Waals surface area (Å²) >= 11 is 1.78. The summed E-state index contributed by atoms with van der Waals surface area (Å²) in [5, 5.41) is 0. The number of aryl methyl sites for hydroxylation is 1. The zero-order valence-corrected chi connectivity index (χ0v) is 17.7. The lowest BCUT2D eigenvalue weighted by Crippen LogP contribution is -1.91. The first-order chi connectivity index (χ1) is 12.6. The Kier molecular flexibility index (Phi) is 10.4. The molecule has 0 saturated carbocycles. The van der Waals surface area contributed by atoms with E-state index in [4.69, 9.17) is 0 Å². The van der Waals surface area contributed by atoms with Gasteiger partial charge in [-0.1, -0.05) is 69.7 Å². The van der Waals surface area contributed by atoms with Crippen molar-refractivity contribution in [2.75, 3.05) is 6.26 Å². The molecule has 2 aromatic carbocycles. The predicted molar refractivity (Wildman–Crippen MR) is 118 cm³/mol. The van der Waals surface area contributed by atoms with Crippen LogP contribution in [0.25, 0.3) is 11.1 Å². The molecule has 0 amide bonds. The third kappa shape index (κ3) is 7.05. The fraction of sp³-hybridized carbons (Fsp3) is 0.292. The van der Waals surface area contributed by atoms with Crippen LogP contribution in [0.15, 0.2) is 78.0 Å². The minimum Gasteiger partial charge on any atom is -0.265 e. The molecule has 2 heteroatoms. The standard InChI is InChI=1S/C14H15N.C8H10S.C2H6/c1-11(2)13-5-3-4-6-14(13)12-7-9-15-10-8-12;1-7-3-5-8(9-2)6-4-7;1-2/h3-11H,1-2H3;3-6H,1-2H3;1-2H3. The highest BCUT2D eigenvalue weighted by Crippen LogP contribution is 2.28. The van der Waals surface area contributed by atoms with Crippen LogP contribution >= 0.6 is 11.8 Å². The molecule has 0 aliphatic carbocycles. The molecular weight excluding hydrogens is 334 g/mol. The summed E-state index contributed by atoms with van der Waals surface area (Å²) in [6.45, 7) is 10.5. The summed E-state index contributed by atoms with van der Waals surface area (Å²) in [7, 11) is 0. The topological polar surface area (TPSA) is 12.9 Å². The van der Waals surface area contributed by atoms with Gasteiger partial charge >= 0.3 is 0 Å². The molecule has 3 rings (SSSR count). The smallest absolute Gasteiger partial charge is 0.0273 e. The number of nitrogens with zero attached hydrogens (tertiary/aromatic N) is 1. The van der Waals surface area contributed by atoms with Crippen molar-refractivity contribution in [2.24, 2.45) is 0 Å². The van der Waals surface area contributed by atoms with E-state index in [-0.39, 0.29) is 0 Å². The number of thioether (sulfide) groups is 1. The van der Waals surface area contributed by atoms with E-state index in [2.05, 4.69) is 92.7 Å². The first-order valence-electron chi connectivity index (χ1n) is 9.21. The molecule has 0 N–H and O–H groups in total. The van der Waals surface area contributed by atoms with Gasteiger partial charge in [-0.3, -0.25) is 4.98 Å². The first-order valence-corrected chi connectivity index (χ1v) is 10.4. The quantitative estimate of drug-likeness (QED) is 0.443. The largest absolute Gasteiger partial charge is 0.265 e. The van der Waals surface area contributed by atoms with Crippen LogP contribution in [0.5, 0.6) is 0 Å². The average Bonchev–Trinajstić information content (AvgIpc) is 2.71. The van der Waals surface area contributed by atoms with Gasteiger partial charge in [-0.05, 0) is 60.1 Å². The van der Waals surface area contributed by atoms with E-state index in [1.54, 1.807) is 11.8 Å². The van der Waals surface area contributed by atoms with Crippen molar-refractivity contribution in [1.82, 2.24) is 4.98 Å². The minimum absolute atomic E-state index is 0.550. The van der Waals surface area contributed by atoms with E-state index in [0.29, 0.717) is 5.92 Å². The van der Waals surface area contributed by atoms with Crippen LogP contribution in [0, 0.1) is 6.92 Å². The molecular formula is C24H31NS. The molecule has 0 saturated heterocycles. The molecule has 26 heavy (non-hydrogen) atoms. The van der Waals surface area contributed by atoms with Gasteiger partial charge in [0.1, 0.15) is 0 Å². The summed E-state index contributed by atoms with van der Waals surface area (Å²) in [6, 6.07) is 21.2. The highest BCUT2D eigenvalue weighted by Gasteiger charge is 2.06. The second kappa shape index (κ2) is 12.3. The van der Waals surface area contributed by atoms with Crippen LogP contribution in [0.3, 0.4) is 0 Å². The lowest BCUT2D eigenvalue weighted by molar-refractivity contribution is 0.869. The van der Waals surface area contributed by atoms with Crippen molar-refractivity contribution in [3.8, 4) is 11.1 Å². The summed E-state index contributed by atoms with van der Waals surface area (Å²) < 4.78 is 0. The maximum Gasteiger partial charge on any atom is 0.0273 e. The molecule has 0 atom stereocenters. The zero-order chi connectivity index (χ0) is 19.4. The van der Waals surface area contributed by atoms with Crippen molar-refractivity contribution < 1.29 is 0 Å². The lowest BCUT2D eigenvalue weighted by atomic mass is 9.93. The highest BCUT2D eigenvalue weighted by atomic mass is 32.2. The number of hydrogen-bond donors (Lipinski definition) is 0. The number of pyridine rings is 1. The van der Waals surface area contributed by atoms with Gasteiger partial charge in [0, 0.05) is 17.3 Å². The van der Waals surface area contributed by atoms with Crippen molar-refractivity contribution in [3.63, 3.8) is 0 Å². The third-order valence-corrected chi connectivity index (χ3v) is 4.57. The monoisotopic (exact) mass is 365 g/mol. The number of hydrogen-bond acceptors (Lipinski definition) is 2. The Morgan fingerprint density at radius 1 is 0.808 bits per heavy atom. The van der Waals surface area contributed by atoms with Gasteiger partial charge in [0.15, 0.2) is 0 Å². The molecule has 138 valence electrons. The maximum atomic E-state index is 4.05. The molecule has 0 aliphatic heterocycles. The van der Waals surface area contributed by atoms with Crippen molar-refractivity contribution in [2.45, 2.75) is 45.4 Å². The van der Waals surface area contributed by atoms with Gasteiger partial charge in [0.25, 0.3) is 0 Å². The maximum absolute atomic E-state index is 4.05. The van der Waals surface area contributed by atoms with E-state index >= 15 is 0 Å². The predicted octanol–water partition coefficient (Wildman–Crippen LogP) is 7.62. The van der Waals surface area contributed by atoms with Crippen LogP contribution in [-0.4, -0.2) is 11.2 Å². The van der Waals surface area contributed by atoms with Gasteiger partial charge in [-0.25, -0.2) is 0 Å². The van der Waals surface area contributed by atoms with Gasteiger partial charge < -0.3 is 0 Å². The fourth-order valence-electron chi connectivity index (χ4n) is 2.47. The SMILES string of the molecule is CC.CC(C)c1ccccc1-c1ccncc1.CSc1ccc(C)cc1. The molecule has 0 unspecified atom stereocenters. The molecule has 0 bridgehead atoms. The van der Waals surface area contributed by atoms with Gasteiger partial charge in [0.05, 0.1) is 0 Å². The normalized spacial score (nSPS) is 9.65. The van der Waals surface area contributed by atoms with Gasteiger partial charge in [-0.15, -0.1) is 11.8 Å². The summed E-state index contributed by atoms with van der Waals surface area (Å²) in [5.41, 5.74) is 5.28. The van der Waals surface area contributed by atoms with E-state index in [9.17, 15) is 0 Å². The Morgan fingerprint density at radius 3 is 1.92 bits per heavy atom. The van der Waals surface area contributed by atoms with Gasteiger partial charge in [0.2, 0.25) is 0 Å². The zero-order valence-electron chi connectivity index (χ0n) is 16.9. The third-order valence-electron chi connectivity index (χ3n) is 3.83. The van der Waals surface area contributed by atoms with Crippen LogP contribution < -0.4 is 0 Å². The van der Waals surface area contributed by atoms with E-state index in [1.807, 2.05) is 26.2 Å². The van der Waals surface area contributed by atoms with Crippen molar-refractivity contribution in [1.29, 1.82) is 0 Å². The van der Waals surface area contributed by atoms with Gasteiger partial charge in [-0.2, -0.15) is 0 Å². The number of aromatic nitrogens is 1. The molecule has 3 aromatic rings. The minimum atomic E-state index is 0.550. The Balaban J connectivity index is 0.000000263. The van der Waals surface area contributed by atoms with E-state index in [1.165, 1.54) is 27.1 Å². The summed E-state index contributed by atoms with van der Waals surface area (Å²) in [6.07, 6.45) is 5.77. The first kappa shape index (κ1) is 22.0. The fourth-order valence-corrected chi connectivity index (χ4v) is 2.88. The molecule has 0 radical (unpaired) electrons. The van der Waals surface area contributed by atoms with E-state index < -0.39 is 0 Å². The van der Waals surface area contributed by atoms with Crippen LogP contribution in [0.2, 0.25) is 0 Å². The highest BCUT2D eigenvalue weighted by molar-refractivity contribution is 7.98. The Bertz CT molecular complexity index is 734. The molecule has 0 fully saturated rings. The average molecular weight is 366 g/mol. The van der Waals surface area contributed by atoms with Crippen LogP contribution in [0.1, 0.15) is 44.7 Å². The molecule has 1 heterocycles. The number of benzene rings is 2. The number of rotatable bonds is 3. The Labute approximate surface area is 163 Å². The van der Waals surface area contributed by atoms with Crippen LogP contribution in [0.4, 0.5) is 0 Å². The molecule has 1 aromatic heterocycles. The summed E-state index contributed by atoms with van der Waals surface area (Å²) in [4.78, 5) is 5.38.